The lowest BCUT2D eigenvalue weighted by Crippen LogP contribution is -2.37. The van der Waals surface area contributed by atoms with Gasteiger partial charge in [-0.15, -0.1) is 0 Å². The summed E-state index contributed by atoms with van der Waals surface area (Å²) >= 11 is 5.86. The van der Waals surface area contributed by atoms with E-state index in [0.717, 1.165) is 9.87 Å². The Morgan fingerprint density at radius 3 is 2.27 bits per heavy atom. The lowest BCUT2D eigenvalue weighted by molar-refractivity contribution is -0.116. The summed E-state index contributed by atoms with van der Waals surface area (Å²) in [6.07, 6.45) is 0. The molecule has 1 N–H and O–H groups in total. The molecule has 0 spiro atoms. The van der Waals surface area contributed by atoms with Crippen molar-refractivity contribution in [1.29, 1.82) is 0 Å². The molecule has 0 aliphatic heterocycles. The molecule has 8 heteroatoms. The van der Waals surface area contributed by atoms with E-state index in [2.05, 4.69) is 5.32 Å². The molecule has 5 nitrogen and oxygen atoms in total. The molecule has 0 atom stereocenters. The van der Waals surface area contributed by atoms with Crippen molar-refractivity contribution in [3.8, 4) is 0 Å². The van der Waals surface area contributed by atoms with E-state index in [0.29, 0.717) is 10.7 Å². The van der Waals surface area contributed by atoms with Gasteiger partial charge in [0.05, 0.1) is 11.4 Å². The molecule has 0 saturated carbocycles. The van der Waals surface area contributed by atoms with E-state index in [4.69, 9.17) is 11.6 Å². The van der Waals surface area contributed by atoms with Crippen molar-refractivity contribution in [2.75, 3.05) is 11.9 Å². The van der Waals surface area contributed by atoms with Crippen LogP contribution in [0, 0.1) is 12.7 Å². The van der Waals surface area contributed by atoms with Crippen molar-refractivity contribution in [3.05, 3.63) is 94.8 Å². The van der Waals surface area contributed by atoms with Crippen LogP contribution in [0.5, 0.6) is 0 Å². The van der Waals surface area contributed by atoms with Crippen LogP contribution in [0.1, 0.15) is 11.1 Å². The number of nitrogens with one attached hydrogen (secondary N) is 1. The summed E-state index contributed by atoms with van der Waals surface area (Å²) in [6, 6.07) is 18.6. The zero-order chi connectivity index (χ0) is 21.7. The largest absolute Gasteiger partial charge is 0.325 e. The number of carbonyl (C=O) groups is 1. The van der Waals surface area contributed by atoms with Crippen LogP contribution in [0.3, 0.4) is 0 Å². The standard InChI is InChI=1S/C22H20ClFN2O3S/c1-16-6-10-19(11-7-16)25-22(27)15-26(14-17-4-2-3-5-21(17)24)30(28,29)20-12-8-18(23)9-13-20/h2-13H,14-15H2,1H3,(H,25,27). The van der Waals surface area contributed by atoms with Crippen LogP contribution in [-0.2, 0) is 21.4 Å². The van der Waals surface area contributed by atoms with Gasteiger partial charge in [-0.25, -0.2) is 12.8 Å². The van der Waals surface area contributed by atoms with E-state index in [9.17, 15) is 17.6 Å². The highest BCUT2D eigenvalue weighted by Crippen LogP contribution is 2.22. The van der Waals surface area contributed by atoms with Crippen LogP contribution in [0.2, 0.25) is 5.02 Å². The smallest absolute Gasteiger partial charge is 0.243 e. The third-order valence-corrected chi connectivity index (χ3v) is 6.47. The molecular weight excluding hydrogens is 427 g/mol. The molecule has 30 heavy (non-hydrogen) atoms. The van der Waals surface area contributed by atoms with Crippen molar-refractivity contribution >= 4 is 33.2 Å². The molecule has 3 rings (SSSR count). The zero-order valence-corrected chi connectivity index (χ0v) is 17.8. The van der Waals surface area contributed by atoms with Gasteiger partial charge in [0.1, 0.15) is 5.82 Å². The van der Waals surface area contributed by atoms with Gasteiger partial charge in [0.15, 0.2) is 0 Å². The Hall–Kier alpha value is -2.74. The van der Waals surface area contributed by atoms with Crippen molar-refractivity contribution in [3.63, 3.8) is 0 Å². The summed E-state index contributed by atoms with van der Waals surface area (Å²) < 4.78 is 41.5. The topological polar surface area (TPSA) is 66.5 Å². The predicted octanol–water partition coefficient (Wildman–Crippen LogP) is 4.62. The number of hydrogen-bond donors (Lipinski definition) is 1. The molecule has 3 aromatic rings. The normalized spacial score (nSPS) is 11.5. The first kappa shape index (κ1) is 22.0. The predicted molar refractivity (Wildman–Crippen MR) is 115 cm³/mol. The highest BCUT2D eigenvalue weighted by atomic mass is 35.5. The van der Waals surface area contributed by atoms with Crippen LogP contribution >= 0.6 is 11.6 Å². The molecule has 0 aliphatic carbocycles. The summed E-state index contributed by atoms with van der Waals surface area (Å²) in [7, 11) is -4.08. The molecule has 0 fully saturated rings. The Kier molecular flexibility index (Phi) is 6.87. The second kappa shape index (κ2) is 9.38. The number of benzene rings is 3. The summed E-state index contributed by atoms with van der Waals surface area (Å²) in [5.41, 5.74) is 1.73. The van der Waals surface area contributed by atoms with Gasteiger partial charge in [-0.1, -0.05) is 47.5 Å². The summed E-state index contributed by atoms with van der Waals surface area (Å²) in [5, 5.41) is 3.05. The van der Waals surface area contributed by atoms with Gasteiger partial charge in [-0.3, -0.25) is 4.79 Å². The van der Waals surface area contributed by atoms with Gasteiger partial charge in [0.25, 0.3) is 0 Å². The first-order valence-corrected chi connectivity index (χ1v) is 10.9. The fourth-order valence-electron chi connectivity index (χ4n) is 2.80. The van der Waals surface area contributed by atoms with Crippen LogP contribution in [0.4, 0.5) is 10.1 Å². The van der Waals surface area contributed by atoms with E-state index in [1.165, 1.54) is 42.5 Å². The van der Waals surface area contributed by atoms with Gasteiger partial charge in [-0.2, -0.15) is 4.31 Å². The van der Waals surface area contributed by atoms with Crippen molar-refractivity contribution in [2.24, 2.45) is 0 Å². The Morgan fingerprint density at radius 2 is 1.63 bits per heavy atom. The van der Waals surface area contributed by atoms with E-state index < -0.39 is 28.3 Å². The first-order chi connectivity index (χ1) is 14.3. The molecule has 0 heterocycles. The van der Waals surface area contributed by atoms with Crippen molar-refractivity contribution < 1.29 is 17.6 Å². The minimum absolute atomic E-state index is 0.0358. The number of rotatable bonds is 7. The van der Waals surface area contributed by atoms with Crippen LogP contribution in [-0.4, -0.2) is 25.2 Å². The van der Waals surface area contributed by atoms with E-state index in [1.807, 2.05) is 19.1 Å². The molecule has 156 valence electrons. The maximum Gasteiger partial charge on any atom is 0.243 e. The molecule has 3 aromatic carbocycles. The number of aryl methyl sites for hydroxylation is 1. The SMILES string of the molecule is Cc1ccc(NC(=O)CN(Cc2ccccc2F)S(=O)(=O)c2ccc(Cl)cc2)cc1. The number of carbonyl (C=O) groups excluding carboxylic acids is 1. The van der Waals surface area contributed by atoms with Gasteiger partial charge in [0.2, 0.25) is 15.9 Å². The van der Waals surface area contributed by atoms with Gasteiger partial charge in [0, 0.05) is 22.8 Å². The van der Waals surface area contributed by atoms with E-state index in [-0.39, 0.29) is 17.0 Å². The average molecular weight is 447 g/mol. The fraction of sp³-hybridized carbons (Fsp3) is 0.136. The number of amides is 1. The lowest BCUT2D eigenvalue weighted by atomic mass is 10.2. The molecular formula is C22H20ClFN2O3S. The van der Waals surface area contributed by atoms with Gasteiger partial charge < -0.3 is 5.32 Å². The van der Waals surface area contributed by atoms with Gasteiger partial charge >= 0.3 is 0 Å². The number of nitrogens with zero attached hydrogens (tertiary/aromatic N) is 1. The van der Waals surface area contributed by atoms with Gasteiger partial charge in [-0.05, 0) is 49.4 Å². The molecule has 0 unspecified atom stereocenters. The van der Waals surface area contributed by atoms with Crippen LogP contribution in [0.15, 0.2) is 77.7 Å². The monoisotopic (exact) mass is 446 g/mol. The highest BCUT2D eigenvalue weighted by molar-refractivity contribution is 7.89. The molecule has 0 saturated heterocycles. The second-order valence-electron chi connectivity index (χ2n) is 6.73. The van der Waals surface area contributed by atoms with E-state index >= 15 is 0 Å². The molecule has 0 bridgehead atoms. The number of hydrogen-bond acceptors (Lipinski definition) is 3. The Morgan fingerprint density at radius 1 is 1.00 bits per heavy atom. The molecule has 1 amide bonds. The van der Waals surface area contributed by atoms with Crippen molar-refractivity contribution in [1.82, 2.24) is 4.31 Å². The lowest BCUT2D eigenvalue weighted by Gasteiger charge is -2.22. The summed E-state index contributed by atoms with van der Waals surface area (Å²) in [6.45, 7) is 1.15. The zero-order valence-electron chi connectivity index (χ0n) is 16.2. The Labute approximate surface area is 180 Å². The maximum atomic E-state index is 14.2. The second-order valence-corrected chi connectivity index (χ2v) is 9.11. The minimum Gasteiger partial charge on any atom is -0.325 e. The summed E-state index contributed by atoms with van der Waals surface area (Å²) in [4.78, 5) is 12.5. The molecule has 0 aliphatic rings. The third-order valence-electron chi connectivity index (χ3n) is 4.41. The molecule has 0 radical (unpaired) electrons. The van der Waals surface area contributed by atoms with Crippen LogP contribution in [0.25, 0.3) is 0 Å². The Bertz CT molecular complexity index is 1130. The number of anilines is 1. The Balaban J connectivity index is 1.88. The third kappa shape index (κ3) is 5.44. The quantitative estimate of drug-likeness (QED) is 0.576. The first-order valence-electron chi connectivity index (χ1n) is 9.11. The number of sulfonamides is 1. The van der Waals surface area contributed by atoms with E-state index in [1.54, 1.807) is 18.2 Å². The van der Waals surface area contributed by atoms with Crippen LogP contribution < -0.4 is 5.32 Å². The minimum atomic E-state index is -4.08. The molecule has 0 aromatic heterocycles. The number of halogens is 2. The summed E-state index contributed by atoms with van der Waals surface area (Å²) in [5.74, 6) is -1.08. The highest BCUT2D eigenvalue weighted by Gasteiger charge is 2.27. The maximum absolute atomic E-state index is 14.2. The fourth-order valence-corrected chi connectivity index (χ4v) is 4.30. The van der Waals surface area contributed by atoms with Crippen molar-refractivity contribution in [2.45, 2.75) is 18.4 Å². The average Bonchev–Trinajstić information content (AvgIpc) is 2.71.